The monoisotopic (exact) mass is 702 g/mol. The Balaban J connectivity index is 1.47. The van der Waals surface area contributed by atoms with E-state index in [1.807, 2.05) is 13.0 Å². The fraction of sp³-hybridized carbons (Fsp3) is 0.650. The highest BCUT2D eigenvalue weighted by molar-refractivity contribution is 5.83. The van der Waals surface area contributed by atoms with Crippen molar-refractivity contribution in [1.82, 2.24) is 0 Å². The number of carbonyl (C=O) groups is 2. The molecule has 0 bridgehead atoms. The number of rotatable bonds is 11. The van der Waals surface area contributed by atoms with Gasteiger partial charge in [0, 0.05) is 24.5 Å². The number of ether oxygens (including phenoxy) is 5. The number of esters is 2. The summed E-state index contributed by atoms with van der Waals surface area (Å²) in [5.41, 5.74) is -3.19. The van der Waals surface area contributed by atoms with Crippen LogP contribution >= 0.6 is 0 Å². The van der Waals surface area contributed by atoms with Crippen LogP contribution in [0.25, 0.3) is 0 Å². The molecule has 276 valence electrons. The number of hydrogen-bond acceptors (Lipinski definition) is 7. The molecule has 2 saturated heterocycles. The summed E-state index contributed by atoms with van der Waals surface area (Å²) >= 11 is 0. The number of halogens is 3. The summed E-state index contributed by atoms with van der Waals surface area (Å²) in [5, 5.41) is 0. The molecule has 0 unspecified atom stereocenters. The highest BCUT2D eigenvalue weighted by atomic mass is 19.4. The van der Waals surface area contributed by atoms with Gasteiger partial charge in [0.05, 0.1) is 35.4 Å². The number of epoxide rings is 2. The number of fused-ring (bicyclic) bond motifs is 4. The lowest BCUT2D eigenvalue weighted by Crippen LogP contribution is -2.53. The molecule has 10 heteroatoms. The molecule has 0 radical (unpaired) electrons. The predicted octanol–water partition coefficient (Wildman–Crippen LogP) is 8.28. The van der Waals surface area contributed by atoms with Gasteiger partial charge >= 0.3 is 18.1 Å². The molecule has 11 atom stereocenters. The van der Waals surface area contributed by atoms with Gasteiger partial charge in [-0.2, -0.15) is 13.2 Å². The quantitative estimate of drug-likeness (QED) is 0.0993. The molecule has 2 aliphatic heterocycles. The third kappa shape index (κ3) is 6.84. The molecule has 5 rings (SSSR count). The van der Waals surface area contributed by atoms with Crippen molar-refractivity contribution >= 4 is 11.9 Å². The molecule has 0 amide bonds. The van der Waals surface area contributed by atoms with Crippen LogP contribution in [0.4, 0.5) is 13.2 Å². The normalized spacial score (nSPS) is 34.8. The molecule has 2 heterocycles. The zero-order valence-electron chi connectivity index (χ0n) is 30.9. The molecular formula is C40H53F3O7. The molecule has 1 aromatic rings. The fourth-order valence-corrected chi connectivity index (χ4v) is 8.59. The molecule has 1 aromatic carbocycles. The van der Waals surface area contributed by atoms with E-state index in [4.69, 9.17) is 23.7 Å². The molecule has 7 nitrogen and oxygen atoms in total. The van der Waals surface area contributed by atoms with Crippen LogP contribution in [0.15, 0.2) is 65.8 Å². The smallest absolute Gasteiger partial charge is 0.432 e. The van der Waals surface area contributed by atoms with E-state index < -0.39 is 46.7 Å². The summed E-state index contributed by atoms with van der Waals surface area (Å²) in [5.74, 6) is -1.79. The van der Waals surface area contributed by atoms with Crippen LogP contribution in [0.3, 0.4) is 0 Å². The van der Waals surface area contributed by atoms with Crippen molar-refractivity contribution < 1.29 is 46.4 Å². The number of methoxy groups -OCH3 is 1. The van der Waals surface area contributed by atoms with E-state index >= 15 is 0 Å². The number of allylic oxidation sites excluding steroid dienone is 4. The molecule has 0 N–H and O–H groups in total. The molecule has 50 heavy (non-hydrogen) atoms. The van der Waals surface area contributed by atoms with Crippen molar-refractivity contribution in [3.63, 3.8) is 0 Å². The topological polar surface area (TPSA) is 86.9 Å². The lowest BCUT2D eigenvalue weighted by molar-refractivity contribution is -0.278. The van der Waals surface area contributed by atoms with Crippen molar-refractivity contribution in [3.8, 4) is 0 Å². The largest absolute Gasteiger partial charge is 0.465 e. The first-order valence-corrected chi connectivity index (χ1v) is 17.6. The van der Waals surface area contributed by atoms with Crippen molar-refractivity contribution in [2.75, 3.05) is 13.7 Å². The van der Waals surface area contributed by atoms with E-state index in [1.54, 1.807) is 46.8 Å². The van der Waals surface area contributed by atoms with Gasteiger partial charge < -0.3 is 23.7 Å². The number of hydrogen-bond donors (Lipinski definition) is 0. The number of alkyl halides is 3. The second-order valence-electron chi connectivity index (χ2n) is 16.2. The molecular weight excluding hydrogens is 649 g/mol. The van der Waals surface area contributed by atoms with Gasteiger partial charge in [-0.15, -0.1) is 0 Å². The molecule has 4 aliphatic rings. The Morgan fingerprint density at radius 1 is 1.04 bits per heavy atom. The minimum Gasteiger partial charge on any atom is -0.465 e. The Bertz CT molecular complexity index is 1530. The average molecular weight is 703 g/mol. The van der Waals surface area contributed by atoms with Gasteiger partial charge in [0.25, 0.3) is 5.60 Å². The van der Waals surface area contributed by atoms with Crippen LogP contribution in [0, 0.1) is 35.0 Å². The van der Waals surface area contributed by atoms with Gasteiger partial charge in [0.2, 0.25) is 0 Å². The Morgan fingerprint density at radius 2 is 1.70 bits per heavy atom. The van der Waals surface area contributed by atoms with Crippen molar-refractivity contribution in [2.45, 2.75) is 116 Å². The zero-order valence-corrected chi connectivity index (χ0v) is 30.9. The number of benzene rings is 1. The van der Waals surface area contributed by atoms with Crippen LogP contribution in [-0.2, 0) is 38.9 Å². The molecule has 4 fully saturated rings. The summed E-state index contributed by atoms with van der Waals surface area (Å²) in [6.45, 7) is 16.9. The Morgan fingerprint density at radius 3 is 2.28 bits per heavy atom. The highest BCUT2D eigenvalue weighted by Gasteiger charge is 2.73. The van der Waals surface area contributed by atoms with E-state index in [0.717, 1.165) is 20.0 Å². The summed E-state index contributed by atoms with van der Waals surface area (Å²) in [4.78, 5) is 26.4. The summed E-state index contributed by atoms with van der Waals surface area (Å²) < 4.78 is 73.4. The maximum absolute atomic E-state index is 14.8. The lowest BCUT2D eigenvalue weighted by Gasteiger charge is -2.45. The van der Waals surface area contributed by atoms with Crippen LogP contribution in [0.5, 0.6) is 0 Å². The maximum Gasteiger partial charge on any atom is 0.432 e. The van der Waals surface area contributed by atoms with Crippen LogP contribution in [0.2, 0.25) is 0 Å². The Labute approximate surface area is 294 Å². The summed E-state index contributed by atoms with van der Waals surface area (Å²) in [6.07, 6.45) is 4.01. The van der Waals surface area contributed by atoms with Crippen LogP contribution in [-0.4, -0.2) is 61.3 Å². The summed E-state index contributed by atoms with van der Waals surface area (Å²) in [6, 6.07) is 6.72. The fourth-order valence-electron chi connectivity index (χ4n) is 8.59. The lowest BCUT2D eigenvalue weighted by atomic mass is 9.55. The minimum atomic E-state index is -5.14. The van der Waals surface area contributed by atoms with E-state index in [0.29, 0.717) is 17.4 Å². The molecule has 0 aromatic heterocycles. The summed E-state index contributed by atoms with van der Waals surface area (Å²) in [7, 11) is 0.840. The van der Waals surface area contributed by atoms with Gasteiger partial charge in [0.15, 0.2) is 0 Å². The Kier molecular flexibility index (Phi) is 10.4. The SMILES string of the molecule is C/C=C(\C)[C@H]1[C@@H](/C=C/C=C(\C)[C@@H](OC(=O)[C@@](OC)(c2ccccc2)C(F)(F)F)[C@@H](C)COC(=O)C(C)(C)C)[C@@H]2C[C@@H]3O[C@]3(C)C[C@H]2[C@@H]2O[C@@]21C. The Hall–Kier alpha value is -2.95. The van der Waals surface area contributed by atoms with E-state index in [2.05, 4.69) is 32.9 Å². The zero-order chi connectivity index (χ0) is 37.0. The molecule has 0 spiro atoms. The van der Waals surface area contributed by atoms with Gasteiger partial charge in [-0.3, -0.25) is 4.79 Å². The molecule has 2 saturated carbocycles. The van der Waals surface area contributed by atoms with E-state index in [1.165, 1.54) is 29.8 Å². The minimum absolute atomic E-state index is 0.0848. The third-order valence-corrected chi connectivity index (χ3v) is 11.6. The van der Waals surface area contributed by atoms with E-state index in [-0.39, 0.29) is 41.9 Å². The maximum atomic E-state index is 14.8. The predicted molar refractivity (Wildman–Crippen MR) is 183 cm³/mol. The third-order valence-electron chi connectivity index (χ3n) is 11.6. The number of carbonyl (C=O) groups excluding carboxylic acids is 2. The highest BCUT2D eigenvalue weighted by Crippen LogP contribution is 2.67. The van der Waals surface area contributed by atoms with Crippen molar-refractivity contribution in [3.05, 3.63) is 71.3 Å². The van der Waals surface area contributed by atoms with Gasteiger partial charge in [-0.1, -0.05) is 67.1 Å². The first-order valence-electron chi connectivity index (χ1n) is 17.6. The van der Waals surface area contributed by atoms with E-state index in [9.17, 15) is 22.8 Å². The molecule has 2 aliphatic carbocycles. The standard InChI is InChI=1S/C40H53F3O7/c1-11-23(2)31-27(28-20-30-37(8,49-30)21-29(28)33-38(31,9)50-33)19-15-16-24(3)32(25(4)22-47-34(44)36(5,6)7)48-35(45)39(46-10,40(41,42)43)26-17-13-12-14-18-26/h11-19,25,27-33H,20-22H2,1-10H3/b19-15+,23-11+,24-16+/t25-,27-,28-,29+,30-,31-,32+,33-,37+,38+,39-/m0/s1. The van der Waals surface area contributed by atoms with Crippen molar-refractivity contribution in [1.29, 1.82) is 0 Å². The second-order valence-corrected chi connectivity index (χ2v) is 16.2. The van der Waals surface area contributed by atoms with Crippen LogP contribution in [0.1, 0.15) is 80.7 Å². The van der Waals surface area contributed by atoms with Gasteiger partial charge in [-0.25, -0.2) is 4.79 Å². The second kappa shape index (κ2) is 13.6. The van der Waals surface area contributed by atoms with Crippen molar-refractivity contribution in [2.24, 2.45) is 35.0 Å². The van der Waals surface area contributed by atoms with Gasteiger partial charge in [-0.05, 0) is 91.6 Å². The van der Waals surface area contributed by atoms with Gasteiger partial charge in [0.1, 0.15) is 6.10 Å². The van der Waals surface area contributed by atoms with Crippen LogP contribution < -0.4 is 0 Å². The first-order chi connectivity index (χ1) is 23.2. The first kappa shape index (κ1) is 38.3. The average Bonchev–Trinajstić information content (AvgIpc) is 3.93.